The molecule has 3 rings (SSSR count). The first kappa shape index (κ1) is 16.7. The van der Waals surface area contributed by atoms with E-state index in [9.17, 15) is 9.18 Å². The summed E-state index contributed by atoms with van der Waals surface area (Å²) in [5, 5.41) is 1.43. The monoisotopic (exact) mass is 332 g/mol. The van der Waals surface area contributed by atoms with E-state index >= 15 is 0 Å². The Balaban J connectivity index is 1.88. The zero-order valence-electron chi connectivity index (χ0n) is 13.4. The molecule has 0 unspecified atom stereocenters. The Morgan fingerprint density at radius 3 is 2.88 bits per heavy atom. The van der Waals surface area contributed by atoms with Gasteiger partial charge in [-0.1, -0.05) is 0 Å². The average Bonchev–Trinajstić information content (AvgIpc) is 2.63. The van der Waals surface area contributed by atoms with Crippen molar-refractivity contribution in [2.24, 2.45) is 5.73 Å². The predicted octanol–water partition coefficient (Wildman–Crippen LogP) is 2.61. The maximum atomic E-state index is 12.5. The van der Waals surface area contributed by atoms with Gasteiger partial charge in [0.05, 0.1) is 6.33 Å². The van der Waals surface area contributed by atoms with Gasteiger partial charge >= 0.3 is 0 Å². The SMILES string of the molecule is NCC(=CF)COc1ccc2c(=O)[nH]c(C3CCOCC3)cc2c1. The van der Waals surface area contributed by atoms with Crippen molar-refractivity contribution in [3.8, 4) is 5.75 Å². The van der Waals surface area contributed by atoms with Gasteiger partial charge in [0.2, 0.25) is 0 Å². The summed E-state index contributed by atoms with van der Waals surface area (Å²) in [4.78, 5) is 15.3. The molecular formula is C18H21FN2O3. The molecule has 1 saturated heterocycles. The van der Waals surface area contributed by atoms with Crippen LogP contribution in [0.1, 0.15) is 24.5 Å². The van der Waals surface area contributed by atoms with Crippen LogP contribution in [0.5, 0.6) is 5.75 Å². The molecule has 1 aliphatic heterocycles. The summed E-state index contributed by atoms with van der Waals surface area (Å²) in [6, 6.07) is 7.23. The van der Waals surface area contributed by atoms with E-state index in [1.54, 1.807) is 18.2 Å². The molecule has 1 aliphatic rings. The number of hydrogen-bond donors (Lipinski definition) is 2. The number of nitrogens with two attached hydrogens (primary N) is 1. The van der Waals surface area contributed by atoms with Gasteiger partial charge in [-0.25, -0.2) is 4.39 Å². The lowest BCUT2D eigenvalue weighted by Gasteiger charge is -2.22. The Morgan fingerprint density at radius 1 is 1.38 bits per heavy atom. The smallest absolute Gasteiger partial charge is 0.256 e. The number of H-pyrrole nitrogens is 1. The van der Waals surface area contributed by atoms with Crippen molar-refractivity contribution in [3.05, 3.63) is 52.2 Å². The topological polar surface area (TPSA) is 77.3 Å². The normalized spacial score (nSPS) is 16.5. The molecule has 6 heteroatoms. The van der Waals surface area contributed by atoms with Crippen LogP contribution in [-0.4, -0.2) is 31.3 Å². The van der Waals surface area contributed by atoms with E-state index in [-0.39, 0.29) is 18.7 Å². The first-order valence-electron chi connectivity index (χ1n) is 8.07. The van der Waals surface area contributed by atoms with Gasteiger partial charge in [0.15, 0.2) is 0 Å². The van der Waals surface area contributed by atoms with Crippen LogP contribution >= 0.6 is 0 Å². The Labute approximate surface area is 139 Å². The third-order valence-corrected chi connectivity index (χ3v) is 4.34. The minimum absolute atomic E-state index is 0.0918. The van der Waals surface area contributed by atoms with Gasteiger partial charge in [0.1, 0.15) is 12.4 Å². The van der Waals surface area contributed by atoms with Crippen molar-refractivity contribution in [1.29, 1.82) is 0 Å². The molecule has 0 amide bonds. The van der Waals surface area contributed by atoms with E-state index in [2.05, 4.69) is 4.98 Å². The third kappa shape index (κ3) is 3.66. The number of fused-ring (bicyclic) bond motifs is 1. The molecule has 5 nitrogen and oxygen atoms in total. The number of nitrogens with one attached hydrogen (secondary N) is 1. The maximum Gasteiger partial charge on any atom is 0.256 e. The summed E-state index contributed by atoms with van der Waals surface area (Å²) in [6.45, 7) is 1.63. The number of ether oxygens (including phenoxy) is 2. The number of hydrogen-bond acceptors (Lipinski definition) is 4. The van der Waals surface area contributed by atoms with E-state index in [1.807, 2.05) is 6.07 Å². The van der Waals surface area contributed by atoms with Gasteiger partial charge in [-0.15, -0.1) is 0 Å². The van der Waals surface area contributed by atoms with Crippen molar-refractivity contribution in [2.75, 3.05) is 26.4 Å². The summed E-state index contributed by atoms with van der Waals surface area (Å²) in [5.41, 5.74) is 6.62. The first-order valence-corrected chi connectivity index (χ1v) is 8.07. The van der Waals surface area contributed by atoms with Gasteiger partial charge in [0, 0.05) is 42.3 Å². The maximum absolute atomic E-state index is 12.5. The molecule has 0 aliphatic carbocycles. The molecule has 3 N–H and O–H groups in total. The number of halogens is 1. The summed E-state index contributed by atoms with van der Waals surface area (Å²) in [5.74, 6) is 0.887. The van der Waals surface area contributed by atoms with Crippen LogP contribution < -0.4 is 16.0 Å². The molecule has 128 valence electrons. The quantitative estimate of drug-likeness (QED) is 0.882. The van der Waals surface area contributed by atoms with Gasteiger partial charge in [-0.05, 0) is 42.5 Å². The largest absolute Gasteiger partial charge is 0.489 e. The fourth-order valence-corrected chi connectivity index (χ4v) is 2.90. The Bertz CT molecular complexity index is 794. The van der Waals surface area contributed by atoms with Crippen LogP contribution in [-0.2, 0) is 4.74 Å². The van der Waals surface area contributed by atoms with Crippen LogP contribution in [0.25, 0.3) is 10.8 Å². The number of benzene rings is 1. The van der Waals surface area contributed by atoms with Crippen LogP contribution in [0.15, 0.2) is 41.0 Å². The van der Waals surface area contributed by atoms with Gasteiger partial charge < -0.3 is 20.2 Å². The molecule has 2 heterocycles. The van der Waals surface area contributed by atoms with Crippen LogP contribution in [0.4, 0.5) is 4.39 Å². The van der Waals surface area contributed by atoms with Crippen LogP contribution in [0.2, 0.25) is 0 Å². The Hall–Kier alpha value is -2.18. The molecule has 24 heavy (non-hydrogen) atoms. The second-order valence-corrected chi connectivity index (χ2v) is 5.95. The summed E-state index contributed by atoms with van der Waals surface area (Å²) in [7, 11) is 0. The number of aromatic nitrogens is 1. The first-order chi connectivity index (χ1) is 11.7. The van der Waals surface area contributed by atoms with Crippen molar-refractivity contribution in [1.82, 2.24) is 4.98 Å². The zero-order valence-corrected chi connectivity index (χ0v) is 13.4. The van der Waals surface area contributed by atoms with Gasteiger partial charge in [-0.2, -0.15) is 0 Å². The van der Waals surface area contributed by atoms with Crippen LogP contribution in [0.3, 0.4) is 0 Å². The number of pyridine rings is 1. The lowest BCUT2D eigenvalue weighted by molar-refractivity contribution is 0.0845. The highest BCUT2D eigenvalue weighted by Gasteiger charge is 2.17. The van der Waals surface area contributed by atoms with E-state index in [0.717, 1.165) is 23.9 Å². The molecule has 1 aromatic heterocycles. The zero-order chi connectivity index (χ0) is 16.9. The lowest BCUT2D eigenvalue weighted by Crippen LogP contribution is -2.18. The van der Waals surface area contributed by atoms with Crippen molar-refractivity contribution in [2.45, 2.75) is 18.8 Å². The predicted molar refractivity (Wildman–Crippen MR) is 91.1 cm³/mol. The molecule has 0 atom stereocenters. The van der Waals surface area contributed by atoms with Crippen molar-refractivity contribution in [3.63, 3.8) is 0 Å². The van der Waals surface area contributed by atoms with E-state index in [1.165, 1.54) is 0 Å². The highest BCUT2D eigenvalue weighted by molar-refractivity contribution is 5.83. The number of aromatic amines is 1. The molecule has 1 fully saturated rings. The summed E-state index contributed by atoms with van der Waals surface area (Å²) in [6.07, 6.45) is 2.27. The van der Waals surface area contributed by atoms with Gasteiger partial charge in [-0.3, -0.25) is 4.79 Å². The lowest BCUT2D eigenvalue weighted by atomic mass is 9.95. The minimum atomic E-state index is -0.105. The molecular weight excluding hydrogens is 311 g/mol. The molecule has 0 saturated carbocycles. The second kappa shape index (κ2) is 7.59. The Morgan fingerprint density at radius 2 is 2.17 bits per heavy atom. The molecule has 0 radical (unpaired) electrons. The van der Waals surface area contributed by atoms with Crippen LogP contribution in [0, 0.1) is 0 Å². The van der Waals surface area contributed by atoms with E-state index < -0.39 is 0 Å². The average molecular weight is 332 g/mol. The van der Waals surface area contributed by atoms with Gasteiger partial charge in [0.25, 0.3) is 5.56 Å². The fraction of sp³-hybridized carbons (Fsp3) is 0.389. The number of rotatable bonds is 5. The molecule has 0 spiro atoms. The third-order valence-electron chi connectivity index (χ3n) is 4.34. The highest BCUT2D eigenvalue weighted by Crippen LogP contribution is 2.27. The van der Waals surface area contributed by atoms with Crippen molar-refractivity contribution < 1.29 is 13.9 Å². The minimum Gasteiger partial charge on any atom is -0.489 e. The molecule has 2 aromatic rings. The highest BCUT2D eigenvalue weighted by atomic mass is 19.1. The standard InChI is InChI=1S/C18H21FN2O3/c19-9-12(10-20)11-24-15-1-2-16-14(7-15)8-17(21-18(16)22)13-3-5-23-6-4-13/h1-2,7-9,13H,3-6,10-11,20H2,(H,21,22). The summed E-state index contributed by atoms with van der Waals surface area (Å²) >= 11 is 0. The van der Waals surface area contributed by atoms with Crippen molar-refractivity contribution >= 4 is 10.8 Å². The fourth-order valence-electron chi connectivity index (χ4n) is 2.90. The Kier molecular flexibility index (Phi) is 5.27. The second-order valence-electron chi connectivity index (χ2n) is 5.95. The summed E-state index contributed by atoms with van der Waals surface area (Å²) < 4.78 is 23.5. The molecule has 1 aromatic carbocycles. The van der Waals surface area contributed by atoms with E-state index in [0.29, 0.717) is 42.2 Å². The molecule has 0 bridgehead atoms. The van der Waals surface area contributed by atoms with E-state index in [4.69, 9.17) is 15.2 Å².